The number of aryl methyl sites for hydroxylation is 1. The highest BCUT2D eigenvalue weighted by Gasteiger charge is 2.06. The number of amides is 1. The minimum Gasteiger partial charge on any atom is -0.444 e. The Balaban J connectivity index is 1.93. The standard InChI is InChI=1S/C16H17NO2/c1-12-7-6-10-15(13(12)2)17-16(18)19-11-14-8-4-3-5-9-14/h3-10H,11H2,1-2H3,(H,17,18). The van der Waals surface area contributed by atoms with Gasteiger partial charge in [0.1, 0.15) is 6.61 Å². The second kappa shape index (κ2) is 6.05. The van der Waals surface area contributed by atoms with Crippen LogP contribution < -0.4 is 5.32 Å². The molecular formula is C16H17NO2. The molecule has 2 rings (SSSR count). The monoisotopic (exact) mass is 255 g/mol. The van der Waals surface area contributed by atoms with Crippen molar-refractivity contribution in [2.45, 2.75) is 20.5 Å². The van der Waals surface area contributed by atoms with Crippen LogP contribution in [0, 0.1) is 13.8 Å². The zero-order valence-electron chi connectivity index (χ0n) is 11.1. The number of benzene rings is 2. The summed E-state index contributed by atoms with van der Waals surface area (Å²) in [6.07, 6.45) is -0.433. The number of carbonyl (C=O) groups excluding carboxylic acids is 1. The van der Waals surface area contributed by atoms with Crippen LogP contribution in [0.4, 0.5) is 10.5 Å². The lowest BCUT2D eigenvalue weighted by Gasteiger charge is -2.10. The van der Waals surface area contributed by atoms with Crippen LogP contribution in [0.3, 0.4) is 0 Å². The SMILES string of the molecule is Cc1cccc(NC(=O)OCc2ccccc2)c1C. The predicted octanol–water partition coefficient (Wildman–Crippen LogP) is 4.05. The van der Waals surface area contributed by atoms with E-state index in [4.69, 9.17) is 4.74 Å². The van der Waals surface area contributed by atoms with E-state index < -0.39 is 6.09 Å². The number of hydrogen-bond donors (Lipinski definition) is 1. The van der Waals surface area contributed by atoms with Crippen LogP contribution in [0.1, 0.15) is 16.7 Å². The molecule has 3 heteroatoms. The van der Waals surface area contributed by atoms with Crippen LogP contribution in [-0.2, 0) is 11.3 Å². The van der Waals surface area contributed by atoms with Crippen molar-refractivity contribution in [1.82, 2.24) is 0 Å². The van der Waals surface area contributed by atoms with E-state index in [9.17, 15) is 4.79 Å². The molecule has 0 aliphatic carbocycles. The van der Waals surface area contributed by atoms with E-state index >= 15 is 0 Å². The van der Waals surface area contributed by atoms with Crippen LogP contribution in [0.2, 0.25) is 0 Å². The Morgan fingerprint density at radius 3 is 2.53 bits per heavy atom. The molecule has 0 atom stereocenters. The van der Waals surface area contributed by atoms with Crippen molar-refractivity contribution in [3.8, 4) is 0 Å². The van der Waals surface area contributed by atoms with Crippen LogP contribution in [0.5, 0.6) is 0 Å². The number of hydrogen-bond acceptors (Lipinski definition) is 2. The quantitative estimate of drug-likeness (QED) is 0.898. The Morgan fingerprint density at radius 2 is 1.79 bits per heavy atom. The highest BCUT2D eigenvalue weighted by molar-refractivity contribution is 5.85. The van der Waals surface area contributed by atoms with Crippen molar-refractivity contribution >= 4 is 11.8 Å². The molecule has 2 aromatic carbocycles. The Bertz CT molecular complexity index is 564. The van der Waals surface area contributed by atoms with E-state index in [1.54, 1.807) is 0 Å². The zero-order valence-corrected chi connectivity index (χ0v) is 11.1. The molecule has 0 fully saturated rings. The van der Waals surface area contributed by atoms with Crippen molar-refractivity contribution in [3.05, 3.63) is 65.2 Å². The lowest BCUT2D eigenvalue weighted by Crippen LogP contribution is -2.14. The number of rotatable bonds is 3. The molecule has 0 radical (unpaired) electrons. The lowest BCUT2D eigenvalue weighted by atomic mass is 10.1. The maximum atomic E-state index is 11.7. The van der Waals surface area contributed by atoms with Crippen molar-refractivity contribution < 1.29 is 9.53 Å². The van der Waals surface area contributed by atoms with Gasteiger partial charge in [-0.3, -0.25) is 5.32 Å². The Morgan fingerprint density at radius 1 is 1.05 bits per heavy atom. The van der Waals surface area contributed by atoms with E-state index in [-0.39, 0.29) is 6.61 Å². The molecule has 0 aliphatic rings. The van der Waals surface area contributed by atoms with Gasteiger partial charge in [0.05, 0.1) is 0 Å². The summed E-state index contributed by atoms with van der Waals surface area (Å²) >= 11 is 0. The van der Waals surface area contributed by atoms with E-state index in [2.05, 4.69) is 5.32 Å². The molecule has 1 amide bonds. The number of ether oxygens (including phenoxy) is 1. The predicted molar refractivity (Wildman–Crippen MR) is 76.2 cm³/mol. The third-order valence-electron chi connectivity index (χ3n) is 3.05. The molecular weight excluding hydrogens is 238 g/mol. The van der Waals surface area contributed by atoms with Crippen molar-refractivity contribution in [2.24, 2.45) is 0 Å². The molecule has 0 unspecified atom stereocenters. The van der Waals surface area contributed by atoms with Crippen LogP contribution in [-0.4, -0.2) is 6.09 Å². The zero-order chi connectivity index (χ0) is 13.7. The fourth-order valence-electron chi connectivity index (χ4n) is 1.76. The van der Waals surface area contributed by atoms with E-state index in [0.29, 0.717) is 0 Å². The molecule has 1 N–H and O–H groups in total. The maximum absolute atomic E-state index is 11.7. The normalized spacial score (nSPS) is 10.0. The molecule has 0 bridgehead atoms. The molecule has 0 saturated carbocycles. The fourth-order valence-corrected chi connectivity index (χ4v) is 1.76. The Hall–Kier alpha value is -2.29. The smallest absolute Gasteiger partial charge is 0.411 e. The Labute approximate surface area is 113 Å². The van der Waals surface area contributed by atoms with Gasteiger partial charge in [-0.15, -0.1) is 0 Å². The third kappa shape index (κ3) is 3.58. The maximum Gasteiger partial charge on any atom is 0.411 e. The van der Waals surface area contributed by atoms with Gasteiger partial charge < -0.3 is 4.74 Å². The number of carbonyl (C=O) groups is 1. The summed E-state index contributed by atoms with van der Waals surface area (Å²) in [4.78, 5) is 11.7. The molecule has 0 heterocycles. The number of nitrogens with one attached hydrogen (secondary N) is 1. The lowest BCUT2D eigenvalue weighted by molar-refractivity contribution is 0.155. The van der Waals surface area contributed by atoms with Crippen molar-refractivity contribution in [1.29, 1.82) is 0 Å². The summed E-state index contributed by atoms with van der Waals surface area (Å²) < 4.78 is 5.18. The first-order valence-corrected chi connectivity index (χ1v) is 6.21. The average Bonchev–Trinajstić information content (AvgIpc) is 2.43. The van der Waals surface area contributed by atoms with E-state index in [1.807, 2.05) is 62.4 Å². The van der Waals surface area contributed by atoms with Gasteiger partial charge in [-0.1, -0.05) is 42.5 Å². The highest BCUT2D eigenvalue weighted by Crippen LogP contribution is 2.18. The van der Waals surface area contributed by atoms with Gasteiger partial charge in [0, 0.05) is 5.69 Å². The van der Waals surface area contributed by atoms with Gasteiger partial charge in [-0.2, -0.15) is 0 Å². The van der Waals surface area contributed by atoms with Gasteiger partial charge in [-0.25, -0.2) is 4.79 Å². The summed E-state index contributed by atoms with van der Waals surface area (Å²) in [6.45, 7) is 4.26. The summed E-state index contributed by atoms with van der Waals surface area (Å²) in [5.74, 6) is 0. The largest absolute Gasteiger partial charge is 0.444 e. The number of anilines is 1. The fraction of sp³-hybridized carbons (Fsp3) is 0.188. The van der Waals surface area contributed by atoms with Crippen molar-refractivity contribution in [3.63, 3.8) is 0 Å². The van der Waals surface area contributed by atoms with Gasteiger partial charge in [0.15, 0.2) is 0 Å². The second-order valence-electron chi connectivity index (χ2n) is 4.43. The first-order chi connectivity index (χ1) is 9.16. The van der Waals surface area contributed by atoms with Gasteiger partial charge in [0.2, 0.25) is 0 Å². The van der Waals surface area contributed by atoms with Crippen LogP contribution in [0.25, 0.3) is 0 Å². The summed E-state index contributed by atoms with van der Waals surface area (Å²) in [6, 6.07) is 15.4. The summed E-state index contributed by atoms with van der Waals surface area (Å²) in [7, 11) is 0. The molecule has 0 saturated heterocycles. The summed E-state index contributed by atoms with van der Waals surface area (Å²) in [5.41, 5.74) is 3.96. The van der Waals surface area contributed by atoms with Gasteiger partial charge in [0.25, 0.3) is 0 Å². The van der Waals surface area contributed by atoms with Gasteiger partial charge >= 0.3 is 6.09 Å². The highest BCUT2D eigenvalue weighted by atomic mass is 16.5. The van der Waals surface area contributed by atoms with Crippen LogP contribution in [0.15, 0.2) is 48.5 Å². The molecule has 0 aromatic heterocycles. The van der Waals surface area contributed by atoms with E-state index in [0.717, 1.165) is 22.4 Å². The van der Waals surface area contributed by atoms with Crippen LogP contribution >= 0.6 is 0 Å². The molecule has 0 spiro atoms. The second-order valence-corrected chi connectivity index (χ2v) is 4.43. The van der Waals surface area contributed by atoms with E-state index in [1.165, 1.54) is 0 Å². The summed E-state index contributed by atoms with van der Waals surface area (Å²) in [5, 5.41) is 2.76. The molecule has 2 aromatic rings. The first kappa shape index (κ1) is 13.1. The first-order valence-electron chi connectivity index (χ1n) is 6.21. The topological polar surface area (TPSA) is 38.3 Å². The molecule has 0 aliphatic heterocycles. The molecule has 98 valence electrons. The molecule has 19 heavy (non-hydrogen) atoms. The minimum absolute atomic E-state index is 0.275. The third-order valence-corrected chi connectivity index (χ3v) is 3.05. The Kier molecular flexibility index (Phi) is 4.18. The minimum atomic E-state index is -0.433. The average molecular weight is 255 g/mol. The van der Waals surface area contributed by atoms with Gasteiger partial charge in [-0.05, 0) is 36.6 Å². The van der Waals surface area contributed by atoms with Crippen molar-refractivity contribution in [2.75, 3.05) is 5.32 Å². The molecule has 3 nitrogen and oxygen atoms in total.